The Balaban J connectivity index is 1.99. The van der Waals surface area contributed by atoms with Crippen molar-refractivity contribution in [1.82, 2.24) is 0 Å². The average Bonchev–Trinajstić information content (AvgIpc) is 2.51. The van der Waals surface area contributed by atoms with Gasteiger partial charge in [-0.25, -0.2) is 9.59 Å². The number of esters is 2. The van der Waals surface area contributed by atoms with Gasteiger partial charge in [0.15, 0.2) is 0 Å². The molecule has 0 bridgehead atoms. The van der Waals surface area contributed by atoms with Gasteiger partial charge < -0.3 is 9.47 Å². The molecule has 2 unspecified atom stereocenters. The molecule has 4 nitrogen and oxygen atoms in total. The molecule has 0 aromatic heterocycles. The van der Waals surface area contributed by atoms with Gasteiger partial charge in [0.25, 0.3) is 0 Å². The molecule has 24 heavy (non-hydrogen) atoms. The maximum atomic E-state index is 12.4. The molecule has 1 aliphatic rings. The van der Waals surface area contributed by atoms with Crippen molar-refractivity contribution in [1.29, 1.82) is 0 Å². The van der Waals surface area contributed by atoms with Crippen LogP contribution in [0.2, 0.25) is 0 Å². The van der Waals surface area contributed by atoms with Crippen molar-refractivity contribution in [3.63, 3.8) is 0 Å². The summed E-state index contributed by atoms with van der Waals surface area (Å²) in [5.74, 6) is 0.656. The van der Waals surface area contributed by atoms with E-state index in [0.717, 1.165) is 12.8 Å². The lowest BCUT2D eigenvalue weighted by Crippen LogP contribution is -2.28. The van der Waals surface area contributed by atoms with Crippen molar-refractivity contribution in [2.24, 2.45) is 17.8 Å². The molecule has 1 aliphatic carbocycles. The summed E-state index contributed by atoms with van der Waals surface area (Å²) in [4.78, 5) is 24.4. The first-order valence-corrected chi connectivity index (χ1v) is 8.83. The fraction of sp³-hybridized carbons (Fsp3) is 0.600. The Bertz CT molecular complexity index is 569. The minimum Gasteiger partial charge on any atom is -0.462 e. The number of ether oxygens (including phenoxy) is 2. The molecule has 0 spiro atoms. The Kier molecular flexibility index (Phi) is 6.41. The molecule has 1 saturated carbocycles. The van der Waals surface area contributed by atoms with E-state index in [-0.39, 0.29) is 18.0 Å². The predicted molar refractivity (Wildman–Crippen MR) is 92.9 cm³/mol. The van der Waals surface area contributed by atoms with E-state index in [1.165, 1.54) is 6.42 Å². The van der Waals surface area contributed by atoms with Crippen LogP contribution in [0, 0.1) is 17.8 Å². The lowest BCUT2D eigenvalue weighted by atomic mass is 9.82. The van der Waals surface area contributed by atoms with Gasteiger partial charge in [0.2, 0.25) is 0 Å². The van der Waals surface area contributed by atoms with Crippen LogP contribution in [0.25, 0.3) is 0 Å². The monoisotopic (exact) mass is 332 g/mol. The number of carbonyl (C=O) groups excluding carboxylic acids is 2. The van der Waals surface area contributed by atoms with E-state index in [1.54, 1.807) is 24.3 Å². The molecule has 0 aliphatic heterocycles. The maximum Gasteiger partial charge on any atom is 0.338 e. The van der Waals surface area contributed by atoms with Crippen molar-refractivity contribution in [2.75, 3.05) is 6.61 Å². The van der Waals surface area contributed by atoms with Gasteiger partial charge in [-0.1, -0.05) is 33.8 Å². The number of hydrogen-bond acceptors (Lipinski definition) is 4. The van der Waals surface area contributed by atoms with Crippen LogP contribution in [-0.2, 0) is 9.47 Å². The van der Waals surface area contributed by atoms with Crippen molar-refractivity contribution < 1.29 is 19.1 Å². The molecule has 0 saturated heterocycles. The van der Waals surface area contributed by atoms with Crippen LogP contribution in [0.5, 0.6) is 0 Å². The summed E-state index contributed by atoms with van der Waals surface area (Å²) >= 11 is 0. The van der Waals surface area contributed by atoms with Crippen molar-refractivity contribution >= 4 is 11.9 Å². The Labute approximate surface area is 144 Å². The molecule has 2 atom stereocenters. The molecular formula is C20H28O4. The van der Waals surface area contributed by atoms with Crippen molar-refractivity contribution in [3.05, 3.63) is 35.4 Å². The van der Waals surface area contributed by atoms with Gasteiger partial charge in [-0.2, -0.15) is 0 Å². The molecule has 0 amide bonds. The number of rotatable bonds is 5. The number of benzene rings is 1. The molecule has 1 aromatic carbocycles. The van der Waals surface area contributed by atoms with Gasteiger partial charge in [-0.15, -0.1) is 0 Å². The van der Waals surface area contributed by atoms with Crippen LogP contribution < -0.4 is 0 Å². The van der Waals surface area contributed by atoms with Crippen molar-refractivity contribution in [3.8, 4) is 0 Å². The van der Waals surface area contributed by atoms with E-state index in [0.29, 0.717) is 29.6 Å². The van der Waals surface area contributed by atoms with Gasteiger partial charge in [0, 0.05) is 0 Å². The average molecular weight is 332 g/mol. The SMILES string of the molecule is CC(C)COC(=O)c1cccc(C(=O)OC2CC(C)CC(C)C2)c1. The second-order valence-electron chi connectivity index (χ2n) is 7.52. The van der Waals surface area contributed by atoms with Crippen LogP contribution in [0.3, 0.4) is 0 Å². The summed E-state index contributed by atoms with van der Waals surface area (Å²) in [7, 11) is 0. The molecule has 132 valence electrons. The van der Waals surface area contributed by atoms with E-state index < -0.39 is 5.97 Å². The van der Waals surface area contributed by atoms with Crippen LogP contribution in [0.15, 0.2) is 24.3 Å². The smallest absolute Gasteiger partial charge is 0.338 e. The Hall–Kier alpha value is -1.84. The molecular weight excluding hydrogens is 304 g/mol. The highest BCUT2D eigenvalue weighted by Crippen LogP contribution is 2.30. The lowest BCUT2D eigenvalue weighted by Gasteiger charge is -2.31. The Morgan fingerprint density at radius 2 is 1.62 bits per heavy atom. The minimum atomic E-state index is -0.404. The van der Waals surface area contributed by atoms with E-state index >= 15 is 0 Å². The third-order valence-corrected chi connectivity index (χ3v) is 4.29. The van der Waals surface area contributed by atoms with Gasteiger partial charge in [-0.3, -0.25) is 0 Å². The zero-order valence-corrected chi connectivity index (χ0v) is 15.1. The van der Waals surface area contributed by atoms with E-state index in [1.807, 2.05) is 13.8 Å². The first-order chi connectivity index (χ1) is 11.3. The molecule has 0 heterocycles. The van der Waals surface area contributed by atoms with E-state index in [9.17, 15) is 9.59 Å². The summed E-state index contributed by atoms with van der Waals surface area (Å²) in [6, 6.07) is 6.58. The number of hydrogen-bond donors (Lipinski definition) is 0. The van der Waals surface area contributed by atoms with Gasteiger partial charge in [0.1, 0.15) is 6.10 Å². The normalized spacial score (nSPS) is 23.8. The zero-order valence-electron chi connectivity index (χ0n) is 15.1. The third-order valence-electron chi connectivity index (χ3n) is 4.29. The quantitative estimate of drug-likeness (QED) is 0.746. The van der Waals surface area contributed by atoms with Crippen LogP contribution >= 0.6 is 0 Å². The topological polar surface area (TPSA) is 52.6 Å². The summed E-state index contributed by atoms with van der Waals surface area (Å²) in [5, 5.41) is 0. The molecule has 1 aromatic rings. The fourth-order valence-corrected chi connectivity index (χ4v) is 3.29. The number of carbonyl (C=O) groups is 2. The predicted octanol–water partition coefficient (Wildman–Crippen LogP) is 4.48. The highest BCUT2D eigenvalue weighted by Gasteiger charge is 2.27. The van der Waals surface area contributed by atoms with Crippen LogP contribution in [-0.4, -0.2) is 24.6 Å². The highest BCUT2D eigenvalue weighted by atomic mass is 16.5. The summed E-state index contributed by atoms with van der Waals surface area (Å²) in [6.45, 7) is 8.72. The summed E-state index contributed by atoms with van der Waals surface area (Å²) in [6.07, 6.45) is 2.97. The van der Waals surface area contributed by atoms with E-state index in [2.05, 4.69) is 13.8 Å². The summed E-state index contributed by atoms with van der Waals surface area (Å²) < 4.78 is 10.9. The summed E-state index contributed by atoms with van der Waals surface area (Å²) in [5.41, 5.74) is 0.787. The van der Waals surface area contributed by atoms with Gasteiger partial charge in [0.05, 0.1) is 17.7 Å². The lowest BCUT2D eigenvalue weighted by molar-refractivity contribution is 0.00805. The molecule has 1 fully saturated rings. The van der Waals surface area contributed by atoms with Crippen molar-refractivity contribution in [2.45, 2.75) is 53.1 Å². The van der Waals surface area contributed by atoms with Gasteiger partial charge in [-0.05, 0) is 55.2 Å². The molecule has 0 N–H and O–H groups in total. The molecule has 0 radical (unpaired) electrons. The van der Waals surface area contributed by atoms with Crippen LogP contribution in [0.1, 0.15) is 67.7 Å². The van der Waals surface area contributed by atoms with Gasteiger partial charge >= 0.3 is 11.9 Å². The van der Waals surface area contributed by atoms with E-state index in [4.69, 9.17) is 9.47 Å². The minimum absolute atomic E-state index is 0.0344. The third kappa shape index (κ3) is 5.36. The highest BCUT2D eigenvalue weighted by molar-refractivity contribution is 5.95. The largest absolute Gasteiger partial charge is 0.462 e. The molecule has 4 heteroatoms. The fourth-order valence-electron chi connectivity index (χ4n) is 3.29. The second-order valence-corrected chi connectivity index (χ2v) is 7.52. The van der Waals surface area contributed by atoms with Crippen LogP contribution in [0.4, 0.5) is 0 Å². The zero-order chi connectivity index (χ0) is 17.7. The Morgan fingerprint density at radius 1 is 1.04 bits per heavy atom. The molecule has 2 rings (SSSR count). The Morgan fingerprint density at radius 3 is 2.21 bits per heavy atom. The first-order valence-electron chi connectivity index (χ1n) is 8.83. The second kappa shape index (κ2) is 8.32. The maximum absolute atomic E-state index is 12.4. The standard InChI is InChI=1S/C20H28O4/c1-13(2)12-23-19(21)16-6-5-7-17(11-16)20(22)24-18-9-14(3)8-15(4)10-18/h5-7,11,13-15,18H,8-10,12H2,1-4H3. The first kappa shape index (κ1) is 18.5.